The Labute approximate surface area is 127 Å². The normalized spacial score (nSPS) is 15.9. The highest BCUT2D eigenvalue weighted by atomic mass is 32.2. The summed E-state index contributed by atoms with van der Waals surface area (Å²) in [5.74, 6) is 1.14. The summed E-state index contributed by atoms with van der Waals surface area (Å²) in [6.07, 6.45) is 3.51. The zero-order valence-corrected chi connectivity index (χ0v) is 13.3. The van der Waals surface area contributed by atoms with Crippen molar-refractivity contribution in [2.45, 2.75) is 26.2 Å². The molecule has 21 heavy (non-hydrogen) atoms. The van der Waals surface area contributed by atoms with Crippen molar-refractivity contribution < 1.29 is 13.2 Å². The summed E-state index contributed by atoms with van der Waals surface area (Å²) >= 11 is 0. The average Bonchev–Trinajstić information content (AvgIpc) is 2.37. The van der Waals surface area contributed by atoms with Gasteiger partial charge in [0.25, 0.3) is 0 Å². The van der Waals surface area contributed by atoms with Crippen molar-refractivity contribution in [1.29, 1.82) is 0 Å². The summed E-state index contributed by atoms with van der Waals surface area (Å²) < 4.78 is 31.7. The Morgan fingerprint density at radius 3 is 2.71 bits per heavy atom. The molecule has 1 saturated carbocycles. The molecule has 0 saturated heterocycles. The zero-order valence-electron chi connectivity index (χ0n) is 12.5. The Morgan fingerprint density at radius 2 is 2.14 bits per heavy atom. The molecule has 0 aromatic heterocycles. The minimum Gasteiger partial charge on any atom is -0.492 e. The molecule has 0 spiro atoms. The van der Waals surface area contributed by atoms with Gasteiger partial charge in [0.15, 0.2) is 0 Å². The first-order chi connectivity index (χ1) is 10.0. The molecule has 2 rings (SSSR count). The molecule has 6 heteroatoms. The summed E-state index contributed by atoms with van der Waals surface area (Å²) in [7, 11) is -3.25. The van der Waals surface area contributed by atoms with Gasteiger partial charge in [-0.1, -0.05) is 19.4 Å². The number of ether oxygens (including phenoxy) is 1. The molecule has 1 aliphatic carbocycles. The van der Waals surface area contributed by atoms with Gasteiger partial charge < -0.3 is 10.5 Å². The standard InChI is InChI=1S/C15H24N2O3S/c1-2-17(12-13-5-3-6-13)21(18,19)10-9-20-15-8-4-7-14(16)11-15/h4,7-8,11,13H,2-3,5-6,9-10,12,16H2,1H3. The van der Waals surface area contributed by atoms with E-state index in [1.54, 1.807) is 28.6 Å². The van der Waals surface area contributed by atoms with Crippen molar-refractivity contribution in [2.24, 2.45) is 5.92 Å². The first-order valence-corrected chi connectivity index (χ1v) is 9.08. The molecule has 118 valence electrons. The van der Waals surface area contributed by atoms with E-state index in [1.165, 1.54) is 6.42 Å². The van der Waals surface area contributed by atoms with Gasteiger partial charge in [-0.2, -0.15) is 0 Å². The Bertz CT molecular complexity index is 556. The number of hydrogen-bond acceptors (Lipinski definition) is 4. The fourth-order valence-electron chi connectivity index (χ4n) is 2.40. The highest BCUT2D eigenvalue weighted by Gasteiger charge is 2.26. The number of hydrogen-bond donors (Lipinski definition) is 1. The maximum absolute atomic E-state index is 12.3. The van der Waals surface area contributed by atoms with Crippen LogP contribution in [0.1, 0.15) is 26.2 Å². The molecule has 0 amide bonds. The molecule has 0 heterocycles. The van der Waals surface area contributed by atoms with Crippen LogP contribution in [0.3, 0.4) is 0 Å². The van der Waals surface area contributed by atoms with Crippen LogP contribution in [0.4, 0.5) is 5.69 Å². The highest BCUT2D eigenvalue weighted by molar-refractivity contribution is 7.89. The van der Waals surface area contributed by atoms with Gasteiger partial charge in [-0.25, -0.2) is 12.7 Å². The SMILES string of the molecule is CCN(CC1CCC1)S(=O)(=O)CCOc1cccc(N)c1. The number of sulfonamides is 1. The molecule has 1 fully saturated rings. The van der Waals surface area contributed by atoms with Crippen molar-refractivity contribution in [2.75, 3.05) is 31.2 Å². The third kappa shape index (κ3) is 4.61. The van der Waals surface area contributed by atoms with Crippen molar-refractivity contribution >= 4 is 15.7 Å². The lowest BCUT2D eigenvalue weighted by atomic mass is 9.85. The molecule has 1 aromatic rings. The van der Waals surface area contributed by atoms with E-state index in [4.69, 9.17) is 10.5 Å². The van der Waals surface area contributed by atoms with Gasteiger partial charge in [-0.05, 0) is 30.9 Å². The van der Waals surface area contributed by atoms with Crippen LogP contribution in [-0.2, 0) is 10.0 Å². The van der Waals surface area contributed by atoms with Crippen LogP contribution in [0.15, 0.2) is 24.3 Å². The first-order valence-electron chi connectivity index (χ1n) is 7.47. The van der Waals surface area contributed by atoms with Gasteiger partial charge in [0.1, 0.15) is 12.4 Å². The van der Waals surface area contributed by atoms with E-state index >= 15 is 0 Å². The van der Waals surface area contributed by atoms with E-state index in [9.17, 15) is 8.42 Å². The number of anilines is 1. The Morgan fingerprint density at radius 1 is 1.38 bits per heavy atom. The predicted molar refractivity (Wildman–Crippen MR) is 84.7 cm³/mol. The highest BCUT2D eigenvalue weighted by Crippen LogP contribution is 2.27. The van der Waals surface area contributed by atoms with E-state index in [-0.39, 0.29) is 12.4 Å². The zero-order chi connectivity index (χ0) is 15.3. The molecule has 0 atom stereocenters. The summed E-state index contributed by atoms with van der Waals surface area (Å²) in [6.45, 7) is 3.20. The minimum absolute atomic E-state index is 0.00234. The van der Waals surface area contributed by atoms with E-state index in [0.29, 0.717) is 30.4 Å². The fraction of sp³-hybridized carbons (Fsp3) is 0.600. The van der Waals surface area contributed by atoms with Gasteiger partial charge in [0, 0.05) is 24.8 Å². The number of nitrogens with two attached hydrogens (primary N) is 1. The van der Waals surface area contributed by atoms with Gasteiger partial charge >= 0.3 is 0 Å². The molecule has 5 nitrogen and oxygen atoms in total. The quantitative estimate of drug-likeness (QED) is 0.746. The Hall–Kier alpha value is -1.27. The Balaban J connectivity index is 1.84. The number of nitrogens with zero attached hydrogens (tertiary/aromatic N) is 1. The molecule has 0 bridgehead atoms. The van der Waals surface area contributed by atoms with Gasteiger partial charge in [0.05, 0.1) is 5.75 Å². The smallest absolute Gasteiger partial charge is 0.217 e. The third-order valence-corrected chi connectivity index (χ3v) is 5.78. The molecular weight excluding hydrogens is 288 g/mol. The van der Waals surface area contributed by atoms with Crippen LogP contribution in [0.5, 0.6) is 5.75 Å². The lowest BCUT2D eigenvalue weighted by Crippen LogP contribution is -2.39. The van der Waals surface area contributed by atoms with Crippen molar-refractivity contribution in [3.05, 3.63) is 24.3 Å². The van der Waals surface area contributed by atoms with Crippen LogP contribution < -0.4 is 10.5 Å². The van der Waals surface area contributed by atoms with Crippen LogP contribution in [-0.4, -0.2) is 38.2 Å². The first kappa shape index (κ1) is 16.1. The van der Waals surface area contributed by atoms with Gasteiger partial charge in [-0.15, -0.1) is 0 Å². The van der Waals surface area contributed by atoms with Crippen molar-refractivity contribution in [1.82, 2.24) is 4.31 Å². The van der Waals surface area contributed by atoms with E-state index in [2.05, 4.69) is 0 Å². The molecule has 1 aliphatic rings. The maximum atomic E-state index is 12.3. The predicted octanol–water partition coefficient (Wildman–Crippen LogP) is 2.10. The van der Waals surface area contributed by atoms with Crippen LogP contribution in [0, 0.1) is 5.92 Å². The van der Waals surface area contributed by atoms with Crippen LogP contribution in [0.25, 0.3) is 0 Å². The molecule has 0 aliphatic heterocycles. The number of benzene rings is 1. The number of nitrogen functional groups attached to an aromatic ring is 1. The largest absolute Gasteiger partial charge is 0.492 e. The second kappa shape index (κ2) is 7.13. The second-order valence-electron chi connectivity index (χ2n) is 5.48. The lowest BCUT2D eigenvalue weighted by molar-refractivity contribution is 0.248. The molecule has 0 radical (unpaired) electrons. The maximum Gasteiger partial charge on any atom is 0.217 e. The summed E-state index contributed by atoms with van der Waals surface area (Å²) in [5.41, 5.74) is 6.26. The van der Waals surface area contributed by atoms with Crippen LogP contribution >= 0.6 is 0 Å². The van der Waals surface area contributed by atoms with E-state index in [1.807, 2.05) is 6.92 Å². The Kier molecular flexibility index (Phi) is 5.47. The summed E-state index contributed by atoms with van der Waals surface area (Å²) in [4.78, 5) is 0. The summed E-state index contributed by atoms with van der Waals surface area (Å²) in [6, 6.07) is 7.02. The van der Waals surface area contributed by atoms with Crippen molar-refractivity contribution in [3.63, 3.8) is 0 Å². The second-order valence-corrected chi connectivity index (χ2v) is 7.57. The van der Waals surface area contributed by atoms with Crippen molar-refractivity contribution in [3.8, 4) is 5.75 Å². The van der Waals surface area contributed by atoms with E-state index < -0.39 is 10.0 Å². The molecule has 1 aromatic carbocycles. The fourth-order valence-corrected chi connectivity index (χ4v) is 3.78. The third-order valence-electron chi connectivity index (χ3n) is 3.90. The van der Waals surface area contributed by atoms with Gasteiger partial charge in [0.2, 0.25) is 10.0 Å². The topological polar surface area (TPSA) is 72.6 Å². The minimum atomic E-state index is -3.25. The molecule has 2 N–H and O–H groups in total. The number of rotatable bonds is 8. The monoisotopic (exact) mass is 312 g/mol. The van der Waals surface area contributed by atoms with Gasteiger partial charge in [-0.3, -0.25) is 0 Å². The lowest BCUT2D eigenvalue weighted by Gasteiger charge is -2.31. The average molecular weight is 312 g/mol. The van der Waals surface area contributed by atoms with E-state index in [0.717, 1.165) is 12.8 Å². The molecular formula is C15H24N2O3S. The van der Waals surface area contributed by atoms with Crippen LogP contribution in [0.2, 0.25) is 0 Å². The molecule has 0 unspecified atom stereocenters. The summed E-state index contributed by atoms with van der Waals surface area (Å²) in [5, 5.41) is 0.